The number of thiazole rings is 1. The molecule has 19 heavy (non-hydrogen) atoms. The molecule has 2 aromatic heterocycles. The van der Waals surface area contributed by atoms with Crippen molar-refractivity contribution in [3.63, 3.8) is 0 Å². The molecule has 1 aliphatic rings. The highest BCUT2D eigenvalue weighted by atomic mass is 32.1. The molecule has 3 N–H and O–H groups in total. The van der Waals surface area contributed by atoms with E-state index in [1.54, 1.807) is 6.20 Å². The smallest absolute Gasteiger partial charge is 0.135 e. The zero-order valence-corrected chi connectivity index (χ0v) is 10.8. The van der Waals surface area contributed by atoms with E-state index in [4.69, 9.17) is 11.1 Å². The Bertz CT molecular complexity index is 603. The maximum absolute atomic E-state index is 12.8. The Labute approximate surface area is 113 Å². The van der Waals surface area contributed by atoms with E-state index < -0.39 is 6.17 Å². The lowest BCUT2D eigenvalue weighted by molar-refractivity contribution is 0.273. The van der Waals surface area contributed by atoms with E-state index in [0.717, 1.165) is 22.6 Å². The Morgan fingerprint density at radius 1 is 1.47 bits per heavy atom. The summed E-state index contributed by atoms with van der Waals surface area (Å²) in [6.07, 6.45) is 2.10. The van der Waals surface area contributed by atoms with Crippen molar-refractivity contribution in [3.8, 4) is 10.6 Å². The lowest BCUT2D eigenvalue weighted by Crippen LogP contribution is -2.48. The highest BCUT2D eigenvalue weighted by Crippen LogP contribution is 2.30. The van der Waals surface area contributed by atoms with Gasteiger partial charge in [-0.15, -0.1) is 0 Å². The zero-order chi connectivity index (χ0) is 13.4. The van der Waals surface area contributed by atoms with Gasteiger partial charge in [0.05, 0.1) is 13.1 Å². The van der Waals surface area contributed by atoms with E-state index in [2.05, 4.69) is 9.97 Å². The summed E-state index contributed by atoms with van der Waals surface area (Å²) in [5, 5.41) is 8.45. The van der Waals surface area contributed by atoms with Crippen molar-refractivity contribution in [3.05, 3.63) is 24.0 Å². The number of anilines is 2. The van der Waals surface area contributed by atoms with Crippen molar-refractivity contribution in [1.82, 2.24) is 9.97 Å². The summed E-state index contributed by atoms with van der Waals surface area (Å²) >= 11 is 1.33. The van der Waals surface area contributed by atoms with Crippen LogP contribution < -0.4 is 10.6 Å². The summed E-state index contributed by atoms with van der Waals surface area (Å²) < 4.78 is 12.8. The standard InChI is InChI=1S/C12H12FN5S/c13-8-5-18(6-8)10-2-1-7(4-16-10)12-17-9(3-14)11(15)19-12/h1-4,8,14H,5-6,15H2. The number of pyridine rings is 1. The number of aromatic nitrogens is 2. The average Bonchev–Trinajstić information content (AvgIpc) is 2.77. The number of hydrogen-bond acceptors (Lipinski definition) is 6. The lowest BCUT2D eigenvalue weighted by Gasteiger charge is -2.35. The van der Waals surface area contributed by atoms with Crippen molar-refractivity contribution in [1.29, 1.82) is 5.41 Å². The van der Waals surface area contributed by atoms with Crippen LogP contribution in [0.5, 0.6) is 0 Å². The third-order valence-electron chi connectivity index (χ3n) is 2.97. The van der Waals surface area contributed by atoms with E-state index in [-0.39, 0.29) is 0 Å². The molecular weight excluding hydrogens is 265 g/mol. The van der Waals surface area contributed by atoms with Gasteiger partial charge in [0.1, 0.15) is 27.7 Å². The Morgan fingerprint density at radius 2 is 2.26 bits per heavy atom. The van der Waals surface area contributed by atoms with Crippen molar-refractivity contribution >= 4 is 28.4 Å². The lowest BCUT2D eigenvalue weighted by atomic mass is 10.2. The molecule has 0 radical (unpaired) electrons. The molecule has 1 aliphatic heterocycles. The zero-order valence-electron chi connectivity index (χ0n) is 10.0. The van der Waals surface area contributed by atoms with Crippen LogP contribution in [0.15, 0.2) is 18.3 Å². The van der Waals surface area contributed by atoms with Crippen LogP contribution in [0.2, 0.25) is 0 Å². The molecule has 1 fully saturated rings. The van der Waals surface area contributed by atoms with Crippen LogP contribution in [0.1, 0.15) is 5.69 Å². The topological polar surface area (TPSA) is 78.9 Å². The predicted octanol–water partition coefficient (Wildman–Crippen LogP) is 1.94. The van der Waals surface area contributed by atoms with Gasteiger partial charge in [-0.05, 0) is 12.1 Å². The molecule has 3 heterocycles. The van der Waals surface area contributed by atoms with Gasteiger partial charge in [0.2, 0.25) is 0 Å². The molecule has 0 spiro atoms. The first kappa shape index (κ1) is 12.0. The monoisotopic (exact) mass is 277 g/mol. The van der Waals surface area contributed by atoms with Crippen LogP contribution >= 0.6 is 11.3 Å². The molecule has 0 aromatic carbocycles. The SMILES string of the molecule is N=Cc1nc(-c2ccc(N3CC(F)C3)nc2)sc1N. The maximum atomic E-state index is 12.8. The molecule has 0 unspecified atom stereocenters. The van der Waals surface area contributed by atoms with E-state index >= 15 is 0 Å². The minimum atomic E-state index is -0.740. The summed E-state index contributed by atoms with van der Waals surface area (Å²) in [6.45, 7) is 0.822. The molecule has 0 saturated carbocycles. The second kappa shape index (κ2) is 4.58. The number of nitrogens with one attached hydrogen (secondary N) is 1. The third-order valence-corrected chi connectivity index (χ3v) is 3.92. The predicted molar refractivity (Wildman–Crippen MR) is 74.8 cm³/mol. The van der Waals surface area contributed by atoms with Gasteiger partial charge >= 0.3 is 0 Å². The third kappa shape index (κ3) is 2.17. The molecule has 0 bridgehead atoms. The minimum Gasteiger partial charge on any atom is -0.389 e. The Kier molecular flexibility index (Phi) is 2.90. The number of nitrogens with zero attached hydrogens (tertiary/aromatic N) is 3. The highest BCUT2D eigenvalue weighted by Gasteiger charge is 2.27. The molecule has 0 amide bonds. The summed E-state index contributed by atoms with van der Waals surface area (Å²) in [6, 6.07) is 3.74. The Balaban J connectivity index is 1.83. The fourth-order valence-corrected chi connectivity index (χ4v) is 2.68. The average molecular weight is 277 g/mol. The normalized spacial score (nSPS) is 15.3. The van der Waals surface area contributed by atoms with Crippen LogP contribution in [-0.4, -0.2) is 35.4 Å². The maximum Gasteiger partial charge on any atom is 0.135 e. The molecule has 5 nitrogen and oxygen atoms in total. The first-order chi connectivity index (χ1) is 9.17. The number of nitrogen functional groups attached to an aromatic ring is 1. The van der Waals surface area contributed by atoms with Crippen molar-refractivity contribution in [2.75, 3.05) is 23.7 Å². The first-order valence-corrected chi connectivity index (χ1v) is 6.61. The Hall–Kier alpha value is -2.02. The Morgan fingerprint density at radius 3 is 2.79 bits per heavy atom. The number of nitrogens with two attached hydrogens (primary N) is 1. The van der Waals surface area contributed by atoms with Crippen LogP contribution in [0, 0.1) is 5.41 Å². The van der Waals surface area contributed by atoms with Gasteiger partial charge in [-0.2, -0.15) is 0 Å². The number of hydrogen-bond donors (Lipinski definition) is 2. The van der Waals surface area contributed by atoms with E-state index in [0.29, 0.717) is 23.8 Å². The van der Waals surface area contributed by atoms with Crippen molar-refractivity contribution in [2.45, 2.75) is 6.17 Å². The molecular formula is C12H12FN5S. The van der Waals surface area contributed by atoms with Crippen LogP contribution in [-0.2, 0) is 0 Å². The van der Waals surface area contributed by atoms with E-state index in [1.165, 1.54) is 11.3 Å². The largest absolute Gasteiger partial charge is 0.389 e. The summed E-state index contributed by atoms with van der Waals surface area (Å²) in [4.78, 5) is 10.4. The van der Waals surface area contributed by atoms with Gasteiger partial charge in [0.15, 0.2) is 0 Å². The van der Waals surface area contributed by atoms with Gasteiger partial charge in [0, 0.05) is 18.0 Å². The van der Waals surface area contributed by atoms with Gasteiger partial charge in [0.25, 0.3) is 0 Å². The molecule has 0 aliphatic carbocycles. The van der Waals surface area contributed by atoms with Crippen molar-refractivity contribution < 1.29 is 4.39 Å². The van der Waals surface area contributed by atoms with Crippen LogP contribution in [0.4, 0.5) is 15.2 Å². The second-order valence-electron chi connectivity index (χ2n) is 4.32. The fourth-order valence-electron chi connectivity index (χ4n) is 1.88. The number of halogens is 1. The molecule has 7 heteroatoms. The summed E-state index contributed by atoms with van der Waals surface area (Å²) in [5.41, 5.74) is 7.08. The fraction of sp³-hybridized carbons (Fsp3) is 0.250. The van der Waals surface area contributed by atoms with Gasteiger partial charge in [-0.1, -0.05) is 11.3 Å². The quantitative estimate of drug-likeness (QED) is 0.840. The summed E-state index contributed by atoms with van der Waals surface area (Å²) in [5.74, 6) is 0.773. The molecule has 2 aromatic rings. The highest BCUT2D eigenvalue weighted by molar-refractivity contribution is 7.19. The number of alkyl halides is 1. The number of rotatable bonds is 3. The van der Waals surface area contributed by atoms with Gasteiger partial charge < -0.3 is 16.0 Å². The molecule has 0 atom stereocenters. The molecule has 1 saturated heterocycles. The molecule has 3 rings (SSSR count). The van der Waals surface area contributed by atoms with Crippen molar-refractivity contribution in [2.24, 2.45) is 0 Å². The second-order valence-corrected chi connectivity index (χ2v) is 5.35. The van der Waals surface area contributed by atoms with Gasteiger partial charge in [-0.3, -0.25) is 0 Å². The first-order valence-electron chi connectivity index (χ1n) is 5.79. The van der Waals surface area contributed by atoms with Gasteiger partial charge in [-0.25, -0.2) is 14.4 Å². The van der Waals surface area contributed by atoms with Crippen LogP contribution in [0.3, 0.4) is 0 Å². The summed E-state index contributed by atoms with van der Waals surface area (Å²) in [7, 11) is 0. The molecule has 98 valence electrons. The van der Waals surface area contributed by atoms with E-state index in [1.807, 2.05) is 17.0 Å². The van der Waals surface area contributed by atoms with Crippen LogP contribution in [0.25, 0.3) is 10.6 Å². The van der Waals surface area contributed by atoms with E-state index in [9.17, 15) is 4.39 Å². The minimum absolute atomic E-state index is 0.411.